The Balaban J connectivity index is 1.98. The molecule has 2 heterocycles. The van der Waals surface area contributed by atoms with E-state index in [-0.39, 0.29) is 6.03 Å². The van der Waals surface area contributed by atoms with Crippen LogP contribution in [0, 0.1) is 0 Å². The van der Waals surface area contributed by atoms with Crippen molar-refractivity contribution in [3.63, 3.8) is 0 Å². The van der Waals surface area contributed by atoms with E-state index in [0.29, 0.717) is 6.04 Å². The highest BCUT2D eigenvalue weighted by Gasteiger charge is 2.32. The molecule has 0 aromatic carbocycles. The van der Waals surface area contributed by atoms with Gasteiger partial charge in [0.2, 0.25) is 0 Å². The molecule has 68 valence electrons. The monoisotopic (exact) mass is 169 g/mol. The Bertz CT molecular complexity index is 191. The average Bonchev–Trinajstić information content (AvgIpc) is 1.95. The van der Waals surface area contributed by atoms with E-state index >= 15 is 0 Å². The first-order chi connectivity index (χ1) is 5.79. The lowest BCUT2D eigenvalue weighted by molar-refractivity contribution is 0.100. The van der Waals surface area contributed by atoms with Crippen molar-refractivity contribution in [1.82, 2.24) is 15.1 Å². The third-order valence-electron chi connectivity index (χ3n) is 2.67. The van der Waals surface area contributed by atoms with Crippen LogP contribution in [0.4, 0.5) is 4.79 Å². The molecule has 0 aromatic rings. The van der Waals surface area contributed by atoms with Crippen LogP contribution in [-0.4, -0.2) is 55.1 Å². The normalized spacial score (nSPS) is 25.9. The van der Waals surface area contributed by atoms with Gasteiger partial charge < -0.3 is 15.1 Å². The summed E-state index contributed by atoms with van der Waals surface area (Å²) in [4.78, 5) is 15.4. The van der Waals surface area contributed by atoms with Gasteiger partial charge in [-0.15, -0.1) is 0 Å². The van der Waals surface area contributed by atoms with E-state index in [1.54, 1.807) is 0 Å². The number of hydrogen-bond acceptors (Lipinski definition) is 2. The third kappa shape index (κ3) is 1.16. The molecule has 2 amide bonds. The van der Waals surface area contributed by atoms with E-state index < -0.39 is 0 Å². The zero-order chi connectivity index (χ0) is 8.55. The Morgan fingerprint density at radius 2 is 2.17 bits per heavy atom. The number of amides is 2. The molecule has 1 N–H and O–H groups in total. The van der Waals surface area contributed by atoms with Crippen molar-refractivity contribution in [2.45, 2.75) is 12.5 Å². The van der Waals surface area contributed by atoms with Gasteiger partial charge in [0.1, 0.15) is 0 Å². The fraction of sp³-hybridized carbons (Fsp3) is 0.875. The standard InChI is InChI=1S/C8H15N3O/c1-10-3-2-4-11(8(10)12)7-5-9-6-7/h7,9H,2-6H2,1H3. The molecule has 2 rings (SSSR count). The Morgan fingerprint density at radius 3 is 2.75 bits per heavy atom. The maximum absolute atomic E-state index is 11.6. The van der Waals surface area contributed by atoms with Crippen LogP contribution >= 0.6 is 0 Å². The molecule has 0 radical (unpaired) electrons. The third-order valence-corrected chi connectivity index (χ3v) is 2.67. The second kappa shape index (κ2) is 2.94. The summed E-state index contributed by atoms with van der Waals surface area (Å²) in [6.07, 6.45) is 1.11. The van der Waals surface area contributed by atoms with Gasteiger partial charge >= 0.3 is 6.03 Å². The van der Waals surface area contributed by atoms with Crippen LogP contribution in [-0.2, 0) is 0 Å². The molecule has 12 heavy (non-hydrogen) atoms. The summed E-state index contributed by atoms with van der Waals surface area (Å²) in [5.74, 6) is 0. The lowest BCUT2D eigenvalue weighted by atomic mass is 10.1. The minimum Gasteiger partial charge on any atom is -0.328 e. The van der Waals surface area contributed by atoms with Gasteiger partial charge in [0.15, 0.2) is 0 Å². The maximum Gasteiger partial charge on any atom is 0.320 e. The Kier molecular flexibility index (Phi) is 1.92. The van der Waals surface area contributed by atoms with Crippen LogP contribution in [0.1, 0.15) is 6.42 Å². The molecular weight excluding hydrogens is 154 g/mol. The smallest absolute Gasteiger partial charge is 0.320 e. The summed E-state index contributed by atoms with van der Waals surface area (Å²) in [5.41, 5.74) is 0. The van der Waals surface area contributed by atoms with Crippen molar-refractivity contribution in [2.75, 3.05) is 33.2 Å². The zero-order valence-corrected chi connectivity index (χ0v) is 7.42. The summed E-state index contributed by atoms with van der Waals surface area (Å²) in [7, 11) is 1.88. The van der Waals surface area contributed by atoms with Gasteiger partial charge in [0, 0.05) is 33.2 Å². The van der Waals surface area contributed by atoms with Crippen LogP contribution in [0.3, 0.4) is 0 Å². The molecule has 0 unspecified atom stereocenters. The maximum atomic E-state index is 11.6. The molecule has 2 fully saturated rings. The van der Waals surface area contributed by atoms with E-state index in [2.05, 4.69) is 5.32 Å². The second-order valence-electron chi connectivity index (χ2n) is 3.56. The molecule has 4 nitrogen and oxygen atoms in total. The number of carbonyl (C=O) groups excluding carboxylic acids is 1. The summed E-state index contributed by atoms with van der Waals surface area (Å²) in [5, 5.41) is 3.18. The first-order valence-corrected chi connectivity index (χ1v) is 4.51. The lowest BCUT2D eigenvalue weighted by Crippen LogP contribution is -2.62. The predicted molar refractivity (Wildman–Crippen MR) is 46.0 cm³/mol. The largest absolute Gasteiger partial charge is 0.328 e. The van der Waals surface area contributed by atoms with E-state index in [1.165, 1.54) is 0 Å². The highest BCUT2D eigenvalue weighted by Crippen LogP contribution is 2.13. The molecule has 2 aliphatic heterocycles. The van der Waals surface area contributed by atoms with E-state index in [1.807, 2.05) is 16.8 Å². The Labute approximate surface area is 72.5 Å². The second-order valence-corrected chi connectivity index (χ2v) is 3.56. The van der Waals surface area contributed by atoms with Crippen LogP contribution in [0.5, 0.6) is 0 Å². The molecule has 0 aliphatic carbocycles. The average molecular weight is 169 g/mol. The number of hydrogen-bond donors (Lipinski definition) is 1. The van der Waals surface area contributed by atoms with Gasteiger partial charge in [-0.25, -0.2) is 4.79 Å². The molecule has 2 aliphatic rings. The Hall–Kier alpha value is -0.770. The predicted octanol–water partition coefficient (Wildman–Crippen LogP) is -0.284. The number of urea groups is 1. The van der Waals surface area contributed by atoms with Gasteiger partial charge in [-0.1, -0.05) is 0 Å². The minimum absolute atomic E-state index is 0.202. The number of nitrogens with zero attached hydrogens (tertiary/aromatic N) is 2. The quantitative estimate of drug-likeness (QED) is 0.586. The molecule has 4 heteroatoms. The molecule has 2 saturated heterocycles. The number of rotatable bonds is 1. The van der Waals surface area contributed by atoms with Gasteiger partial charge in [0.05, 0.1) is 6.04 Å². The van der Waals surface area contributed by atoms with Crippen molar-refractivity contribution in [1.29, 1.82) is 0 Å². The van der Waals surface area contributed by atoms with Crippen LogP contribution in [0.2, 0.25) is 0 Å². The van der Waals surface area contributed by atoms with Crippen LogP contribution in [0.25, 0.3) is 0 Å². The van der Waals surface area contributed by atoms with Crippen molar-refractivity contribution < 1.29 is 4.79 Å². The molecule has 0 saturated carbocycles. The molecule has 0 spiro atoms. The van der Waals surface area contributed by atoms with E-state index in [4.69, 9.17) is 0 Å². The summed E-state index contributed by atoms with van der Waals surface area (Å²) in [6, 6.07) is 0.660. The summed E-state index contributed by atoms with van der Waals surface area (Å²) >= 11 is 0. The topological polar surface area (TPSA) is 35.6 Å². The van der Waals surface area contributed by atoms with Crippen LogP contribution in [0.15, 0.2) is 0 Å². The van der Waals surface area contributed by atoms with E-state index in [0.717, 1.165) is 32.6 Å². The van der Waals surface area contributed by atoms with Crippen LogP contribution < -0.4 is 5.32 Å². The zero-order valence-electron chi connectivity index (χ0n) is 7.42. The molecule has 0 bridgehead atoms. The highest BCUT2D eigenvalue weighted by atomic mass is 16.2. The lowest BCUT2D eigenvalue weighted by Gasteiger charge is -2.42. The molecular formula is C8H15N3O. The van der Waals surface area contributed by atoms with Gasteiger partial charge in [0.25, 0.3) is 0 Å². The number of nitrogens with one attached hydrogen (secondary N) is 1. The highest BCUT2D eigenvalue weighted by molar-refractivity contribution is 5.75. The Morgan fingerprint density at radius 1 is 1.42 bits per heavy atom. The first kappa shape index (κ1) is 7.86. The summed E-state index contributed by atoms with van der Waals surface area (Å²) in [6.45, 7) is 3.80. The summed E-state index contributed by atoms with van der Waals surface area (Å²) < 4.78 is 0. The van der Waals surface area contributed by atoms with E-state index in [9.17, 15) is 4.79 Å². The first-order valence-electron chi connectivity index (χ1n) is 4.51. The van der Waals surface area contributed by atoms with Gasteiger partial charge in [-0.05, 0) is 6.42 Å². The van der Waals surface area contributed by atoms with Crippen molar-refractivity contribution in [2.24, 2.45) is 0 Å². The molecule has 0 atom stereocenters. The minimum atomic E-state index is 0.202. The molecule has 0 aromatic heterocycles. The van der Waals surface area contributed by atoms with Crippen molar-refractivity contribution in [3.05, 3.63) is 0 Å². The fourth-order valence-electron chi connectivity index (χ4n) is 1.72. The fourth-order valence-corrected chi connectivity index (χ4v) is 1.72. The van der Waals surface area contributed by atoms with Crippen molar-refractivity contribution in [3.8, 4) is 0 Å². The SMILES string of the molecule is CN1CCCN(C2CNC2)C1=O. The number of carbonyl (C=O) groups is 1. The van der Waals surface area contributed by atoms with Gasteiger partial charge in [-0.3, -0.25) is 0 Å². The van der Waals surface area contributed by atoms with Gasteiger partial charge in [-0.2, -0.15) is 0 Å². The van der Waals surface area contributed by atoms with Crippen molar-refractivity contribution >= 4 is 6.03 Å².